The molecule has 0 aliphatic carbocycles. The molecule has 32 heavy (non-hydrogen) atoms. The Bertz CT molecular complexity index is 1220. The second-order valence-corrected chi connectivity index (χ2v) is 9.54. The number of hydrogen-bond acceptors (Lipinski definition) is 7. The molecule has 2 heterocycles. The molecular formula is C21H21Cl3N4O3S. The first-order valence-electron chi connectivity index (χ1n) is 9.61. The number of rotatable bonds is 6. The summed E-state index contributed by atoms with van der Waals surface area (Å²) in [5.74, 6) is 0.520. The van der Waals surface area contributed by atoms with Crippen LogP contribution in [0.15, 0.2) is 47.4 Å². The highest BCUT2D eigenvalue weighted by molar-refractivity contribution is 7.87. The van der Waals surface area contributed by atoms with Crippen LogP contribution >= 0.6 is 35.6 Å². The van der Waals surface area contributed by atoms with Crippen LogP contribution in [0.25, 0.3) is 0 Å². The van der Waals surface area contributed by atoms with Crippen molar-refractivity contribution in [1.82, 2.24) is 15.3 Å². The maximum absolute atomic E-state index is 12.7. The Balaban J connectivity index is 0.00000289. The summed E-state index contributed by atoms with van der Waals surface area (Å²) in [4.78, 5) is 8.73. The molecule has 0 atom stereocenters. The lowest BCUT2D eigenvalue weighted by molar-refractivity contribution is 0.459. The Morgan fingerprint density at radius 3 is 2.59 bits per heavy atom. The van der Waals surface area contributed by atoms with E-state index in [9.17, 15) is 8.42 Å². The molecule has 0 saturated carbocycles. The Morgan fingerprint density at radius 1 is 1.12 bits per heavy atom. The largest absolute Gasteiger partial charge is 0.365 e. The quantitative estimate of drug-likeness (QED) is 0.466. The molecule has 1 aromatic heterocycles. The minimum atomic E-state index is -4.06. The normalized spacial score (nSPS) is 13.1. The monoisotopic (exact) mass is 514 g/mol. The van der Waals surface area contributed by atoms with Gasteiger partial charge < -0.3 is 14.8 Å². The molecular weight excluding hydrogens is 495 g/mol. The lowest BCUT2D eigenvalue weighted by Gasteiger charge is -2.20. The van der Waals surface area contributed by atoms with Crippen molar-refractivity contribution in [3.05, 3.63) is 74.9 Å². The number of benzene rings is 2. The van der Waals surface area contributed by atoms with E-state index in [2.05, 4.69) is 20.6 Å². The Morgan fingerprint density at radius 2 is 1.88 bits per heavy atom. The molecule has 1 aliphatic heterocycles. The van der Waals surface area contributed by atoms with Gasteiger partial charge in [0.05, 0.1) is 5.69 Å². The summed E-state index contributed by atoms with van der Waals surface area (Å²) < 4.78 is 30.6. The standard InChI is InChI=1S/C21H20Cl2N4O3S.ClH/c1-13-2-6-16(7-3-13)31(28,29)30-21-26-19-12-24-9-8-17(19)20(27-21)25-11-14-4-5-15(22)10-18(14)23;/h2-7,10,24H,8-9,11-12H2,1H3,(H,25,26,27);1H. The number of aryl methyl sites for hydroxylation is 1. The first kappa shape index (κ1) is 24.5. The van der Waals surface area contributed by atoms with Gasteiger partial charge in [-0.25, -0.2) is 0 Å². The molecule has 1 aliphatic rings. The van der Waals surface area contributed by atoms with Crippen LogP contribution in [0, 0.1) is 6.92 Å². The highest BCUT2D eigenvalue weighted by Crippen LogP contribution is 2.27. The topological polar surface area (TPSA) is 93.2 Å². The molecule has 4 rings (SSSR count). The van der Waals surface area contributed by atoms with E-state index in [0.29, 0.717) is 41.1 Å². The van der Waals surface area contributed by atoms with Gasteiger partial charge in [0.15, 0.2) is 0 Å². The van der Waals surface area contributed by atoms with Crippen molar-refractivity contribution < 1.29 is 12.6 Å². The van der Waals surface area contributed by atoms with Crippen LogP contribution < -0.4 is 14.8 Å². The minimum Gasteiger partial charge on any atom is -0.365 e. The van der Waals surface area contributed by atoms with E-state index >= 15 is 0 Å². The highest BCUT2D eigenvalue weighted by Gasteiger charge is 2.23. The van der Waals surface area contributed by atoms with Gasteiger partial charge in [-0.3, -0.25) is 0 Å². The van der Waals surface area contributed by atoms with E-state index in [1.165, 1.54) is 12.1 Å². The Labute approximate surface area is 203 Å². The van der Waals surface area contributed by atoms with E-state index in [1.54, 1.807) is 24.3 Å². The van der Waals surface area contributed by atoms with Crippen molar-refractivity contribution in [1.29, 1.82) is 0 Å². The fraction of sp³-hybridized carbons (Fsp3) is 0.238. The van der Waals surface area contributed by atoms with Gasteiger partial charge in [0, 0.05) is 28.7 Å². The molecule has 7 nitrogen and oxygen atoms in total. The van der Waals surface area contributed by atoms with Gasteiger partial charge in [0.2, 0.25) is 0 Å². The Hall–Kier alpha value is -2.10. The van der Waals surface area contributed by atoms with Crippen LogP contribution in [0.1, 0.15) is 22.4 Å². The maximum Gasteiger partial charge on any atom is 0.341 e. The zero-order chi connectivity index (χ0) is 22.0. The maximum atomic E-state index is 12.7. The number of aromatic nitrogens is 2. The second kappa shape index (κ2) is 10.2. The summed E-state index contributed by atoms with van der Waals surface area (Å²) in [6.45, 7) is 3.53. The lowest BCUT2D eigenvalue weighted by atomic mass is 10.1. The molecule has 0 bridgehead atoms. The molecule has 0 radical (unpaired) electrons. The zero-order valence-corrected chi connectivity index (χ0v) is 20.2. The third-order valence-corrected chi connectivity index (χ3v) is 6.68. The van der Waals surface area contributed by atoms with Crippen molar-refractivity contribution in [3.8, 4) is 6.01 Å². The van der Waals surface area contributed by atoms with Crippen LogP contribution in [-0.2, 0) is 29.6 Å². The van der Waals surface area contributed by atoms with Crippen molar-refractivity contribution in [2.75, 3.05) is 11.9 Å². The van der Waals surface area contributed by atoms with Crippen LogP contribution in [0.2, 0.25) is 10.0 Å². The first-order chi connectivity index (χ1) is 14.8. The molecule has 0 saturated heterocycles. The summed E-state index contributed by atoms with van der Waals surface area (Å²) in [6, 6.07) is 11.4. The fourth-order valence-corrected chi connectivity index (χ4v) is 4.53. The molecule has 2 N–H and O–H groups in total. The van der Waals surface area contributed by atoms with E-state index in [4.69, 9.17) is 27.4 Å². The van der Waals surface area contributed by atoms with Gasteiger partial charge in [-0.15, -0.1) is 12.4 Å². The summed E-state index contributed by atoms with van der Waals surface area (Å²) >= 11 is 12.2. The Kier molecular flexibility index (Phi) is 7.84. The first-order valence-corrected chi connectivity index (χ1v) is 11.8. The number of halogens is 3. The number of fused-ring (bicyclic) bond motifs is 1. The average Bonchev–Trinajstić information content (AvgIpc) is 2.73. The van der Waals surface area contributed by atoms with E-state index < -0.39 is 10.1 Å². The molecule has 3 aromatic rings. The molecule has 0 amide bonds. The SMILES string of the molecule is Cc1ccc(S(=O)(=O)Oc2nc3c(c(NCc4ccc(Cl)cc4Cl)n2)CCNC3)cc1.Cl. The summed E-state index contributed by atoms with van der Waals surface area (Å²) in [7, 11) is -4.06. The van der Waals surface area contributed by atoms with Gasteiger partial charge in [-0.2, -0.15) is 18.4 Å². The highest BCUT2D eigenvalue weighted by atomic mass is 35.5. The van der Waals surface area contributed by atoms with Crippen molar-refractivity contribution in [2.45, 2.75) is 31.3 Å². The molecule has 170 valence electrons. The lowest BCUT2D eigenvalue weighted by Crippen LogP contribution is -2.27. The molecule has 2 aromatic carbocycles. The van der Waals surface area contributed by atoms with Crippen molar-refractivity contribution in [2.24, 2.45) is 0 Å². The molecule has 0 spiro atoms. The van der Waals surface area contributed by atoms with Crippen LogP contribution in [-0.4, -0.2) is 24.9 Å². The number of nitrogens with zero attached hydrogens (tertiary/aromatic N) is 2. The van der Waals surface area contributed by atoms with E-state index in [1.807, 2.05) is 13.0 Å². The van der Waals surface area contributed by atoms with Crippen LogP contribution in [0.3, 0.4) is 0 Å². The third-order valence-electron chi connectivity index (χ3n) is 4.87. The van der Waals surface area contributed by atoms with Gasteiger partial charge in [-0.05, 0) is 49.7 Å². The fourth-order valence-electron chi connectivity index (χ4n) is 3.22. The van der Waals surface area contributed by atoms with E-state index in [-0.39, 0.29) is 23.3 Å². The molecule has 11 heteroatoms. The number of nitrogens with one attached hydrogen (secondary N) is 2. The molecule has 0 fully saturated rings. The minimum absolute atomic E-state index is 0. The summed E-state index contributed by atoms with van der Waals surface area (Å²) in [6.07, 6.45) is 0.705. The third kappa shape index (κ3) is 5.63. The van der Waals surface area contributed by atoms with Gasteiger partial charge in [-0.1, -0.05) is 47.0 Å². The zero-order valence-electron chi connectivity index (χ0n) is 17.1. The summed E-state index contributed by atoms with van der Waals surface area (Å²) in [5, 5.41) is 7.55. The van der Waals surface area contributed by atoms with Gasteiger partial charge in [0.25, 0.3) is 0 Å². The van der Waals surface area contributed by atoms with E-state index in [0.717, 1.165) is 23.2 Å². The summed E-state index contributed by atoms with van der Waals surface area (Å²) in [5.41, 5.74) is 3.40. The predicted molar refractivity (Wildman–Crippen MR) is 127 cm³/mol. The second-order valence-electron chi connectivity index (χ2n) is 7.15. The number of hydrogen-bond donors (Lipinski definition) is 2. The van der Waals surface area contributed by atoms with Crippen molar-refractivity contribution in [3.63, 3.8) is 0 Å². The predicted octanol–water partition coefficient (Wildman–Crippen LogP) is 4.54. The molecule has 0 unspecified atom stereocenters. The number of anilines is 1. The van der Waals surface area contributed by atoms with Crippen LogP contribution in [0.4, 0.5) is 5.82 Å². The van der Waals surface area contributed by atoms with Crippen LogP contribution in [0.5, 0.6) is 6.01 Å². The van der Waals surface area contributed by atoms with Gasteiger partial charge in [0.1, 0.15) is 10.7 Å². The van der Waals surface area contributed by atoms with Gasteiger partial charge >= 0.3 is 16.1 Å². The average molecular weight is 516 g/mol. The smallest absolute Gasteiger partial charge is 0.341 e. The van der Waals surface area contributed by atoms with Crippen molar-refractivity contribution >= 4 is 51.5 Å².